The van der Waals surface area contributed by atoms with E-state index in [9.17, 15) is 5.11 Å². The molecule has 0 radical (unpaired) electrons. The highest BCUT2D eigenvalue weighted by Crippen LogP contribution is 2.28. The molecule has 1 N–H and O–H groups in total. The van der Waals surface area contributed by atoms with Gasteiger partial charge in [0.2, 0.25) is 0 Å². The fraction of sp³-hybridized carbons (Fsp3) is 0.238. The molecular weight excluding hydrogens is 312 g/mol. The van der Waals surface area contributed by atoms with Gasteiger partial charge in [-0.3, -0.25) is 0 Å². The highest BCUT2D eigenvalue weighted by molar-refractivity contribution is 5.65. The number of nitrogens with zero attached hydrogens (tertiary/aromatic N) is 2. The molecule has 1 atom stereocenters. The Labute approximate surface area is 148 Å². The van der Waals surface area contributed by atoms with Gasteiger partial charge in [0, 0.05) is 11.8 Å². The molecule has 1 unspecified atom stereocenters. The molecule has 0 saturated heterocycles. The number of aryl methyl sites for hydroxylation is 3. The van der Waals surface area contributed by atoms with Gasteiger partial charge in [0.25, 0.3) is 0 Å². The van der Waals surface area contributed by atoms with Crippen LogP contribution in [0.25, 0.3) is 11.4 Å². The first-order valence-electron chi connectivity index (χ1n) is 8.23. The molecule has 4 nitrogen and oxygen atoms in total. The number of benzene rings is 2. The van der Waals surface area contributed by atoms with Gasteiger partial charge >= 0.3 is 0 Å². The summed E-state index contributed by atoms with van der Waals surface area (Å²) in [5.74, 6) is 1.39. The minimum absolute atomic E-state index is 0.578. The predicted octanol–water partition coefficient (Wildman–Crippen LogP) is 4.16. The first kappa shape index (κ1) is 17.1. The summed E-state index contributed by atoms with van der Waals surface area (Å²) in [5, 5.41) is 10.7. The second-order valence-corrected chi connectivity index (χ2v) is 6.25. The third-order valence-electron chi connectivity index (χ3n) is 4.29. The van der Waals surface area contributed by atoms with E-state index in [-0.39, 0.29) is 0 Å². The Balaban J connectivity index is 1.99. The van der Waals surface area contributed by atoms with Crippen LogP contribution < -0.4 is 4.74 Å². The lowest BCUT2D eigenvalue weighted by atomic mass is 9.99. The molecular formula is C21H22N2O2. The van der Waals surface area contributed by atoms with E-state index in [1.54, 1.807) is 19.4 Å². The van der Waals surface area contributed by atoms with Crippen LogP contribution in [-0.4, -0.2) is 22.2 Å². The monoisotopic (exact) mass is 334 g/mol. The lowest BCUT2D eigenvalue weighted by Crippen LogP contribution is -2.05. The Morgan fingerprint density at radius 2 is 1.60 bits per heavy atom. The van der Waals surface area contributed by atoms with Crippen molar-refractivity contribution >= 4 is 0 Å². The van der Waals surface area contributed by atoms with Gasteiger partial charge in [0.15, 0.2) is 5.82 Å². The average molecular weight is 334 g/mol. The Kier molecular flexibility index (Phi) is 4.81. The Morgan fingerprint density at radius 1 is 0.960 bits per heavy atom. The lowest BCUT2D eigenvalue weighted by Gasteiger charge is -2.14. The molecule has 0 spiro atoms. The Morgan fingerprint density at radius 3 is 2.20 bits per heavy atom. The predicted molar refractivity (Wildman–Crippen MR) is 98.7 cm³/mol. The van der Waals surface area contributed by atoms with Crippen LogP contribution in [0.4, 0.5) is 0 Å². The van der Waals surface area contributed by atoms with Gasteiger partial charge < -0.3 is 9.84 Å². The van der Waals surface area contributed by atoms with Crippen molar-refractivity contribution in [3.05, 3.63) is 76.6 Å². The average Bonchev–Trinajstić information content (AvgIpc) is 2.60. The standard InChI is InChI=1S/C21H22N2O2/c1-13-11-14(2)19(15(3)12-13)21-22-10-9-18(23-21)20(24)16-5-7-17(25-4)8-6-16/h5-12,20,24H,1-4H3. The van der Waals surface area contributed by atoms with Crippen molar-refractivity contribution in [2.45, 2.75) is 26.9 Å². The summed E-state index contributed by atoms with van der Waals surface area (Å²) in [6, 6.07) is 13.3. The van der Waals surface area contributed by atoms with Crippen molar-refractivity contribution < 1.29 is 9.84 Å². The number of hydrogen-bond acceptors (Lipinski definition) is 4. The summed E-state index contributed by atoms with van der Waals surface area (Å²) < 4.78 is 5.16. The van der Waals surface area contributed by atoms with Crippen molar-refractivity contribution in [3.8, 4) is 17.1 Å². The van der Waals surface area contributed by atoms with Gasteiger partial charge in [-0.1, -0.05) is 29.8 Å². The van der Waals surface area contributed by atoms with E-state index >= 15 is 0 Å². The van der Waals surface area contributed by atoms with Crippen LogP contribution in [0.15, 0.2) is 48.7 Å². The van der Waals surface area contributed by atoms with E-state index in [2.05, 4.69) is 42.9 Å². The minimum Gasteiger partial charge on any atom is -0.497 e. The van der Waals surface area contributed by atoms with Crippen LogP contribution in [0, 0.1) is 20.8 Å². The maximum absolute atomic E-state index is 10.7. The van der Waals surface area contributed by atoms with Gasteiger partial charge in [-0.2, -0.15) is 0 Å². The summed E-state index contributed by atoms with van der Waals surface area (Å²) in [6.07, 6.45) is 0.891. The van der Waals surface area contributed by atoms with E-state index < -0.39 is 6.10 Å². The molecule has 1 heterocycles. The fourth-order valence-corrected chi connectivity index (χ4v) is 3.14. The quantitative estimate of drug-likeness (QED) is 0.778. The number of ether oxygens (including phenoxy) is 1. The maximum Gasteiger partial charge on any atom is 0.160 e. The van der Waals surface area contributed by atoms with Crippen molar-refractivity contribution in [3.63, 3.8) is 0 Å². The minimum atomic E-state index is -0.807. The Bertz CT molecular complexity index is 866. The molecule has 0 aliphatic rings. The van der Waals surface area contributed by atoms with Gasteiger partial charge in [-0.05, 0) is 55.7 Å². The number of rotatable bonds is 4. The van der Waals surface area contributed by atoms with Gasteiger partial charge in [-0.15, -0.1) is 0 Å². The molecule has 0 aliphatic heterocycles. The largest absolute Gasteiger partial charge is 0.497 e. The first-order chi connectivity index (χ1) is 12.0. The third-order valence-corrected chi connectivity index (χ3v) is 4.29. The van der Waals surface area contributed by atoms with Crippen LogP contribution in [0.1, 0.15) is 34.1 Å². The fourth-order valence-electron chi connectivity index (χ4n) is 3.14. The third kappa shape index (κ3) is 3.54. The molecule has 4 heteroatoms. The molecule has 128 valence electrons. The first-order valence-corrected chi connectivity index (χ1v) is 8.23. The number of aliphatic hydroxyl groups excluding tert-OH is 1. The van der Waals surface area contributed by atoms with Crippen LogP contribution in [0.2, 0.25) is 0 Å². The molecule has 0 fully saturated rings. The van der Waals surface area contributed by atoms with Crippen LogP contribution in [0.3, 0.4) is 0 Å². The zero-order chi connectivity index (χ0) is 18.0. The van der Waals surface area contributed by atoms with Crippen molar-refractivity contribution in [2.24, 2.45) is 0 Å². The van der Waals surface area contributed by atoms with E-state index in [0.717, 1.165) is 28.0 Å². The molecule has 0 aliphatic carbocycles. The molecule has 2 aromatic carbocycles. The normalized spacial score (nSPS) is 12.0. The molecule has 3 aromatic rings. The maximum atomic E-state index is 10.7. The highest BCUT2D eigenvalue weighted by Gasteiger charge is 2.15. The molecule has 3 rings (SSSR count). The van der Waals surface area contributed by atoms with E-state index in [0.29, 0.717) is 11.5 Å². The summed E-state index contributed by atoms with van der Waals surface area (Å²) in [6.45, 7) is 6.20. The van der Waals surface area contributed by atoms with E-state index in [1.165, 1.54) is 5.56 Å². The van der Waals surface area contributed by atoms with Crippen molar-refractivity contribution in [1.29, 1.82) is 0 Å². The second-order valence-electron chi connectivity index (χ2n) is 6.25. The molecule has 1 aromatic heterocycles. The molecule has 0 amide bonds. The van der Waals surface area contributed by atoms with Gasteiger partial charge in [0.1, 0.15) is 11.9 Å². The summed E-state index contributed by atoms with van der Waals surface area (Å²) >= 11 is 0. The van der Waals surface area contributed by atoms with Gasteiger partial charge in [-0.25, -0.2) is 9.97 Å². The molecule has 0 saturated carbocycles. The second kappa shape index (κ2) is 7.03. The summed E-state index contributed by atoms with van der Waals surface area (Å²) in [5.41, 5.74) is 5.85. The molecule has 0 bridgehead atoms. The highest BCUT2D eigenvalue weighted by atomic mass is 16.5. The Hall–Kier alpha value is -2.72. The van der Waals surface area contributed by atoms with E-state index in [4.69, 9.17) is 4.74 Å². The summed E-state index contributed by atoms with van der Waals surface area (Å²) in [4.78, 5) is 9.04. The van der Waals surface area contributed by atoms with Crippen LogP contribution >= 0.6 is 0 Å². The molecule has 25 heavy (non-hydrogen) atoms. The number of hydrogen-bond donors (Lipinski definition) is 1. The van der Waals surface area contributed by atoms with Crippen LogP contribution in [-0.2, 0) is 0 Å². The van der Waals surface area contributed by atoms with Gasteiger partial charge in [0.05, 0.1) is 12.8 Å². The van der Waals surface area contributed by atoms with Crippen LogP contribution in [0.5, 0.6) is 5.75 Å². The number of aromatic nitrogens is 2. The van der Waals surface area contributed by atoms with Crippen molar-refractivity contribution in [1.82, 2.24) is 9.97 Å². The smallest absolute Gasteiger partial charge is 0.160 e. The SMILES string of the molecule is COc1ccc(C(O)c2ccnc(-c3c(C)cc(C)cc3C)n2)cc1. The van der Waals surface area contributed by atoms with E-state index in [1.807, 2.05) is 24.3 Å². The van der Waals surface area contributed by atoms with Crippen molar-refractivity contribution in [2.75, 3.05) is 7.11 Å². The lowest BCUT2D eigenvalue weighted by molar-refractivity contribution is 0.215. The zero-order valence-electron chi connectivity index (χ0n) is 14.9. The number of methoxy groups -OCH3 is 1. The number of aliphatic hydroxyl groups is 1. The zero-order valence-corrected chi connectivity index (χ0v) is 14.9. The summed E-state index contributed by atoms with van der Waals surface area (Å²) in [7, 11) is 1.62. The topological polar surface area (TPSA) is 55.2 Å².